The first-order valence-corrected chi connectivity index (χ1v) is 9.65. The molecule has 2 aliphatic rings. The van der Waals surface area contributed by atoms with Gasteiger partial charge in [0.2, 0.25) is 0 Å². The molecule has 1 aromatic heterocycles. The van der Waals surface area contributed by atoms with Crippen LogP contribution in [0.5, 0.6) is 5.75 Å². The molecule has 0 spiro atoms. The van der Waals surface area contributed by atoms with Gasteiger partial charge in [0.25, 0.3) is 0 Å². The van der Waals surface area contributed by atoms with Crippen LogP contribution in [0.2, 0.25) is 0 Å². The highest BCUT2D eigenvalue weighted by Gasteiger charge is 2.36. The molecular weight excluding hydrogens is 359 g/mol. The number of aromatic amines is 1. The number of imidazole rings is 1. The fraction of sp³-hybridized carbons (Fsp3) is 0.381. The van der Waals surface area contributed by atoms with Crippen molar-refractivity contribution in [2.75, 3.05) is 38.2 Å². The predicted molar refractivity (Wildman–Crippen MR) is 105 cm³/mol. The molecule has 2 aromatic carbocycles. The molecular formula is C21H23FN4O2. The minimum Gasteiger partial charge on any atom is -0.491 e. The maximum atomic E-state index is 13.8. The minimum atomic E-state index is -0.285. The largest absolute Gasteiger partial charge is 0.491 e. The van der Waals surface area contributed by atoms with Crippen LogP contribution in [0.1, 0.15) is 17.4 Å². The summed E-state index contributed by atoms with van der Waals surface area (Å²) in [7, 11) is 0. The molecule has 0 bridgehead atoms. The summed E-state index contributed by atoms with van der Waals surface area (Å²) in [5, 5.41) is 3.69. The lowest BCUT2D eigenvalue weighted by Crippen LogP contribution is -2.52. The molecule has 0 amide bonds. The number of H-pyrrole nitrogens is 1. The van der Waals surface area contributed by atoms with E-state index in [1.807, 2.05) is 31.2 Å². The molecule has 3 aromatic rings. The number of hydrogen-bond acceptors (Lipinski definition) is 5. The van der Waals surface area contributed by atoms with Gasteiger partial charge in [-0.1, -0.05) is 12.1 Å². The van der Waals surface area contributed by atoms with Gasteiger partial charge in [-0.2, -0.15) is 0 Å². The Labute approximate surface area is 162 Å². The lowest BCUT2D eigenvalue weighted by atomic mass is 9.94. The van der Waals surface area contributed by atoms with Gasteiger partial charge in [0, 0.05) is 24.7 Å². The zero-order chi connectivity index (χ0) is 19.1. The van der Waals surface area contributed by atoms with Crippen molar-refractivity contribution in [1.29, 1.82) is 0 Å². The maximum Gasteiger partial charge on any atom is 0.127 e. The Bertz CT molecular complexity index is 999. The second-order valence-electron chi connectivity index (χ2n) is 7.35. The molecule has 0 radical (unpaired) electrons. The van der Waals surface area contributed by atoms with E-state index in [4.69, 9.17) is 9.47 Å². The van der Waals surface area contributed by atoms with Crippen LogP contribution in [0.3, 0.4) is 0 Å². The van der Waals surface area contributed by atoms with Crippen LogP contribution in [-0.4, -0.2) is 53.8 Å². The highest BCUT2D eigenvalue weighted by molar-refractivity contribution is 5.88. The lowest BCUT2D eigenvalue weighted by molar-refractivity contribution is -0.00344. The fourth-order valence-corrected chi connectivity index (χ4v) is 4.21. The second-order valence-corrected chi connectivity index (χ2v) is 7.35. The summed E-state index contributed by atoms with van der Waals surface area (Å²) in [4.78, 5) is 10.3. The Balaban J connectivity index is 1.55. The molecule has 146 valence electrons. The number of aromatic nitrogens is 2. The third-order valence-corrected chi connectivity index (χ3v) is 5.56. The Morgan fingerprint density at radius 3 is 2.93 bits per heavy atom. The Hall–Kier alpha value is -2.64. The molecule has 0 aliphatic carbocycles. The summed E-state index contributed by atoms with van der Waals surface area (Å²) in [6.07, 6.45) is 0. The molecule has 0 unspecified atom stereocenters. The van der Waals surface area contributed by atoms with Crippen LogP contribution in [-0.2, 0) is 4.74 Å². The summed E-state index contributed by atoms with van der Waals surface area (Å²) in [6.45, 7) is 5.60. The van der Waals surface area contributed by atoms with Crippen molar-refractivity contribution in [3.05, 3.63) is 53.6 Å². The SMILES string of the molecule is Cc1nc2c(N[C@H]3c4ccc(F)cc4OC[C@@H]3N3CCOCC3)cccc2[nH]1. The number of ether oxygens (including phenoxy) is 2. The van der Waals surface area contributed by atoms with Gasteiger partial charge >= 0.3 is 0 Å². The van der Waals surface area contributed by atoms with Gasteiger partial charge in [-0.05, 0) is 25.1 Å². The summed E-state index contributed by atoms with van der Waals surface area (Å²) in [5.74, 6) is 1.20. The first-order chi connectivity index (χ1) is 13.7. The van der Waals surface area contributed by atoms with Gasteiger partial charge < -0.3 is 19.8 Å². The predicted octanol–water partition coefficient (Wildman–Crippen LogP) is 3.26. The molecule has 0 saturated carbocycles. The zero-order valence-electron chi connectivity index (χ0n) is 15.7. The van der Waals surface area contributed by atoms with Crippen molar-refractivity contribution in [1.82, 2.24) is 14.9 Å². The van der Waals surface area contributed by atoms with Gasteiger partial charge in [0.1, 0.15) is 29.5 Å². The van der Waals surface area contributed by atoms with E-state index in [-0.39, 0.29) is 17.9 Å². The van der Waals surface area contributed by atoms with Crippen molar-refractivity contribution in [3.8, 4) is 5.75 Å². The monoisotopic (exact) mass is 382 g/mol. The molecule has 2 atom stereocenters. The molecule has 2 aliphatic heterocycles. The van der Waals surface area contributed by atoms with Gasteiger partial charge in [0.15, 0.2) is 0 Å². The smallest absolute Gasteiger partial charge is 0.127 e. The van der Waals surface area contributed by atoms with E-state index in [9.17, 15) is 4.39 Å². The van der Waals surface area contributed by atoms with E-state index in [1.54, 1.807) is 0 Å². The number of nitrogens with zero attached hydrogens (tertiary/aromatic N) is 2. The van der Waals surface area contributed by atoms with Crippen LogP contribution in [0.15, 0.2) is 36.4 Å². The Morgan fingerprint density at radius 2 is 2.07 bits per heavy atom. The van der Waals surface area contributed by atoms with E-state index in [2.05, 4.69) is 20.2 Å². The van der Waals surface area contributed by atoms with Gasteiger partial charge in [-0.25, -0.2) is 9.37 Å². The van der Waals surface area contributed by atoms with Crippen molar-refractivity contribution >= 4 is 16.7 Å². The van der Waals surface area contributed by atoms with Crippen LogP contribution in [0, 0.1) is 12.7 Å². The van der Waals surface area contributed by atoms with E-state index >= 15 is 0 Å². The van der Waals surface area contributed by atoms with Crippen LogP contribution in [0.25, 0.3) is 11.0 Å². The number of morpholine rings is 1. The molecule has 1 fully saturated rings. The number of anilines is 1. The average molecular weight is 382 g/mol. The standard InChI is InChI=1S/C21H23FN4O2/c1-13-23-16-3-2-4-17(21(16)24-13)25-20-15-6-5-14(22)11-19(15)28-12-18(20)26-7-9-27-10-8-26/h2-6,11,18,20,25H,7-10,12H2,1H3,(H,23,24)/t18-,20-/m0/s1. The Morgan fingerprint density at radius 1 is 1.21 bits per heavy atom. The average Bonchev–Trinajstić information content (AvgIpc) is 3.10. The molecule has 3 heterocycles. The third kappa shape index (κ3) is 3.10. The number of fused-ring (bicyclic) bond motifs is 2. The van der Waals surface area contributed by atoms with E-state index < -0.39 is 0 Å². The molecule has 7 heteroatoms. The quantitative estimate of drug-likeness (QED) is 0.728. The second kappa shape index (κ2) is 7.07. The van der Waals surface area contributed by atoms with Gasteiger partial charge in [0.05, 0.1) is 36.5 Å². The number of nitrogens with one attached hydrogen (secondary N) is 2. The summed E-state index contributed by atoms with van der Waals surface area (Å²) in [5.41, 5.74) is 3.84. The lowest BCUT2D eigenvalue weighted by Gasteiger charge is -2.42. The molecule has 1 saturated heterocycles. The number of rotatable bonds is 3. The number of benzene rings is 2. The number of aryl methyl sites for hydroxylation is 1. The topological polar surface area (TPSA) is 62.4 Å². The summed E-state index contributed by atoms with van der Waals surface area (Å²) < 4.78 is 25.2. The van der Waals surface area contributed by atoms with Crippen LogP contribution < -0.4 is 10.1 Å². The van der Waals surface area contributed by atoms with Crippen molar-refractivity contribution in [3.63, 3.8) is 0 Å². The molecule has 6 nitrogen and oxygen atoms in total. The van der Waals surface area contributed by atoms with E-state index in [1.165, 1.54) is 12.1 Å². The number of hydrogen-bond donors (Lipinski definition) is 2. The third-order valence-electron chi connectivity index (χ3n) is 5.56. The van der Waals surface area contributed by atoms with Crippen LogP contribution in [0.4, 0.5) is 10.1 Å². The van der Waals surface area contributed by atoms with E-state index in [0.717, 1.165) is 41.2 Å². The minimum absolute atomic E-state index is 0.0370. The van der Waals surface area contributed by atoms with Crippen molar-refractivity contribution < 1.29 is 13.9 Å². The summed E-state index contributed by atoms with van der Waals surface area (Å²) in [6, 6.07) is 10.9. The van der Waals surface area contributed by atoms with Gasteiger partial charge in [-0.15, -0.1) is 0 Å². The Kier molecular flexibility index (Phi) is 4.41. The molecule has 5 rings (SSSR count). The normalized spacial score (nSPS) is 22.6. The number of halogens is 1. The zero-order valence-corrected chi connectivity index (χ0v) is 15.7. The highest BCUT2D eigenvalue weighted by Crippen LogP contribution is 2.38. The first kappa shape index (κ1) is 17.5. The summed E-state index contributed by atoms with van der Waals surface area (Å²) >= 11 is 0. The highest BCUT2D eigenvalue weighted by atomic mass is 19.1. The molecule has 28 heavy (non-hydrogen) atoms. The van der Waals surface area contributed by atoms with Crippen LogP contribution >= 0.6 is 0 Å². The molecule has 2 N–H and O–H groups in total. The van der Waals surface area contributed by atoms with E-state index in [0.29, 0.717) is 25.6 Å². The van der Waals surface area contributed by atoms with Crippen molar-refractivity contribution in [2.45, 2.75) is 19.0 Å². The number of para-hydroxylation sites is 1. The van der Waals surface area contributed by atoms with Gasteiger partial charge in [-0.3, -0.25) is 4.90 Å². The van der Waals surface area contributed by atoms with Crippen molar-refractivity contribution in [2.24, 2.45) is 0 Å². The fourth-order valence-electron chi connectivity index (χ4n) is 4.21. The maximum absolute atomic E-state index is 13.8. The first-order valence-electron chi connectivity index (χ1n) is 9.65.